The van der Waals surface area contributed by atoms with E-state index in [-0.39, 0.29) is 5.75 Å². The molecule has 1 N–H and O–H groups in total. The Morgan fingerprint density at radius 2 is 1.26 bits per heavy atom. The first-order valence-electron chi connectivity index (χ1n) is 13.3. The highest BCUT2D eigenvalue weighted by molar-refractivity contribution is 5.81. The lowest BCUT2D eigenvalue weighted by Gasteiger charge is -2.21. The van der Waals surface area contributed by atoms with E-state index in [2.05, 4.69) is 61.8 Å². The number of fused-ring (bicyclic) bond motifs is 3. The average Bonchev–Trinajstić information content (AvgIpc) is 3.20. The van der Waals surface area contributed by atoms with Crippen molar-refractivity contribution in [2.45, 2.75) is 59.8 Å². The molecule has 0 radical (unpaired) electrons. The van der Waals surface area contributed by atoms with Gasteiger partial charge in [0.05, 0.1) is 0 Å². The van der Waals surface area contributed by atoms with E-state index in [0.29, 0.717) is 25.4 Å². The molecule has 34 heavy (non-hydrogen) atoms. The molecule has 0 unspecified atom stereocenters. The van der Waals surface area contributed by atoms with Gasteiger partial charge >= 0.3 is 0 Å². The smallest absolute Gasteiger partial charge is 0.161 e. The minimum absolute atomic E-state index is 0.281. The summed E-state index contributed by atoms with van der Waals surface area (Å²) in [7, 11) is 0. The Balaban J connectivity index is 1.59. The summed E-state index contributed by atoms with van der Waals surface area (Å²) in [6.07, 6.45) is 5.33. The second kappa shape index (κ2) is 13.6. The van der Waals surface area contributed by atoms with Crippen LogP contribution in [0.25, 0.3) is 11.1 Å². The zero-order chi connectivity index (χ0) is 24.3. The van der Waals surface area contributed by atoms with Crippen molar-refractivity contribution in [3.8, 4) is 28.4 Å². The summed E-state index contributed by atoms with van der Waals surface area (Å²) in [6.45, 7) is 16.4. The second-order valence-electron chi connectivity index (χ2n) is 9.31. The van der Waals surface area contributed by atoms with Crippen molar-refractivity contribution in [3.63, 3.8) is 0 Å². The van der Waals surface area contributed by atoms with Crippen molar-refractivity contribution in [2.75, 3.05) is 52.5 Å². The van der Waals surface area contributed by atoms with E-state index < -0.39 is 0 Å². The lowest BCUT2D eigenvalue weighted by molar-refractivity contribution is 0.205. The highest BCUT2D eigenvalue weighted by Crippen LogP contribution is 2.45. The number of rotatable bonds is 16. The molecule has 0 aromatic heterocycles. The van der Waals surface area contributed by atoms with E-state index in [1.807, 2.05) is 6.07 Å². The van der Waals surface area contributed by atoms with Crippen molar-refractivity contribution in [2.24, 2.45) is 0 Å². The number of phenols is 1. The molecule has 188 valence electrons. The normalized spacial score (nSPS) is 12.3. The molecule has 3 rings (SSSR count). The molecule has 0 aliphatic heterocycles. The third-order valence-corrected chi connectivity index (χ3v) is 6.48. The van der Waals surface area contributed by atoms with E-state index >= 15 is 0 Å². The van der Waals surface area contributed by atoms with Gasteiger partial charge in [-0.1, -0.05) is 39.8 Å². The summed E-state index contributed by atoms with van der Waals surface area (Å²) in [4.78, 5) is 4.89. The third kappa shape index (κ3) is 6.89. The first-order chi connectivity index (χ1) is 16.6. The first kappa shape index (κ1) is 26.4. The van der Waals surface area contributed by atoms with Gasteiger partial charge in [0.25, 0.3) is 0 Å². The molecule has 0 heterocycles. The molecule has 1 aliphatic rings. The SMILES string of the molecule is CCCN(CCC)CCOc1ccc2c(c1)Cc1c-2ccc(OCCN(CCC)CCC)c1O. The molecule has 0 fully saturated rings. The van der Waals surface area contributed by atoms with Crippen LogP contribution in [0.3, 0.4) is 0 Å². The van der Waals surface area contributed by atoms with Crippen LogP contribution in [-0.2, 0) is 6.42 Å². The van der Waals surface area contributed by atoms with Gasteiger partial charge in [-0.2, -0.15) is 0 Å². The van der Waals surface area contributed by atoms with Crippen molar-refractivity contribution >= 4 is 0 Å². The fourth-order valence-corrected chi connectivity index (χ4v) is 4.93. The van der Waals surface area contributed by atoms with Crippen LogP contribution in [0.15, 0.2) is 30.3 Å². The monoisotopic (exact) mass is 468 g/mol. The standard InChI is InChI=1S/C29H44N2O3/c1-5-13-30(14-6-2)17-19-33-24-9-10-25-23(21-24)22-27-26(25)11-12-28(29(27)32)34-20-18-31(15-7-3)16-8-4/h9-12,21,32H,5-8,13-20,22H2,1-4H3. The number of hydrogen-bond acceptors (Lipinski definition) is 5. The van der Waals surface area contributed by atoms with Crippen LogP contribution in [0.5, 0.6) is 17.2 Å². The van der Waals surface area contributed by atoms with E-state index in [9.17, 15) is 5.11 Å². The summed E-state index contributed by atoms with van der Waals surface area (Å²) < 4.78 is 12.1. The van der Waals surface area contributed by atoms with Crippen LogP contribution in [0, 0.1) is 0 Å². The Morgan fingerprint density at radius 3 is 1.85 bits per heavy atom. The number of hydrogen-bond donors (Lipinski definition) is 1. The average molecular weight is 469 g/mol. The summed E-state index contributed by atoms with van der Waals surface area (Å²) in [6, 6.07) is 10.3. The summed E-state index contributed by atoms with van der Waals surface area (Å²) >= 11 is 0. The fourth-order valence-electron chi connectivity index (χ4n) is 4.93. The minimum atomic E-state index is 0.281. The molecule has 0 atom stereocenters. The number of ether oxygens (including phenoxy) is 2. The maximum atomic E-state index is 11.0. The predicted molar refractivity (Wildman–Crippen MR) is 141 cm³/mol. The Labute approximate surface area is 206 Å². The van der Waals surface area contributed by atoms with Crippen LogP contribution in [0.1, 0.15) is 64.5 Å². The van der Waals surface area contributed by atoms with Gasteiger partial charge in [0.15, 0.2) is 11.5 Å². The molecule has 2 aromatic rings. The topological polar surface area (TPSA) is 45.2 Å². The van der Waals surface area contributed by atoms with Crippen LogP contribution in [0.4, 0.5) is 0 Å². The molecule has 2 aromatic carbocycles. The van der Waals surface area contributed by atoms with Crippen LogP contribution in [-0.4, -0.2) is 67.4 Å². The predicted octanol–water partition coefficient (Wildman–Crippen LogP) is 5.97. The molecule has 1 aliphatic carbocycles. The molecule has 5 nitrogen and oxygen atoms in total. The molecule has 0 amide bonds. The minimum Gasteiger partial charge on any atom is -0.504 e. The Morgan fingerprint density at radius 1 is 0.706 bits per heavy atom. The van der Waals surface area contributed by atoms with Gasteiger partial charge in [-0.3, -0.25) is 9.80 Å². The Hall–Kier alpha value is -2.24. The number of aromatic hydroxyl groups is 1. The summed E-state index contributed by atoms with van der Waals surface area (Å²) in [5.74, 6) is 1.77. The zero-order valence-electron chi connectivity index (χ0n) is 21.7. The molecular weight excluding hydrogens is 424 g/mol. The van der Waals surface area contributed by atoms with E-state index in [0.717, 1.165) is 69.0 Å². The fraction of sp³-hybridized carbons (Fsp3) is 0.586. The Bertz CT molecular complexity index is 887. The molecule has 5 heteroatoms. The Kier molecular flexibility index (Phi) is 10.5. The van der Waals surface area contributed by atoms with Crippen LogP contribution >= 0.6 is 0 Å². The van der Waals surface area contributed by atoms with Crippen LogP contribution < -0.4 is 9.47 Å². The summed E-state index contributed by atoms with van der Waals surface area (Å²) in [5, 5.41) is 11.0. The van der Waals surface area contributed by atoms with Crippen molar-refractivity contribution in [1.82, 2.24) is 9.80 Å². The lowest BCUT2D eigenvalue weighted by atomic mass is 10.0. The van der Waals surface area contributed by atoms with Gasteiger partial charge in [0.2, 0.25) is 0 Å². The van der Waals surface area contributed by atoms with Gasteiger partial charge in [-0.15, -0.1) is 0 Å². The highest BCUT2D eigenvalue weighted by Gasteiger charge is 2.24. The summed E-state index contributed by atoms with van der Waals surface area (Å²) in [5.41, 5.74) is 4.44. The lowest BCUT2D eigenvalue weighted by Crippen LogP contribution is -2.30. The molecule has 0 spiro atoms. The number of benzene rings is 2. The maximum absolute atomic E-state index is 11.0. The molecular formula is C29H44N2O3. The zero-order valence-corrected chi connectivity index (χ0v) is 21.7. The van der Waals surface area contributed by atoms with Crippen molar-refractivity contribution in [1.29, 1.82) is 0 Å². The van der Waals surface area contributed by atoms with Crippen molar-refractivity contribution < 1.29 is 14.6 Å². The van der Waals surface area contributed by atoms with E-state index in [4.69, 9.17) is 9.47 Å². The largest absolute Gasteiger partial charge is 0.504 e. The third-order valence-electron chi connectivity index (χ3n) is 6.48. The second-order valence-corrected chi connectivity index (χ2v) is 9.31. The van der Waals surface area contributed by atoms with Crippen molar-refractivity contribution in [3.05, 3.63) is 41.5 Å². The van der Waals surface area contributed by atoms with E-state index in [1.165, 1.54) is 24.0 Å². The quantitative estimate of drug-likeness (QED) is 0.281. The molecule has 0 saturated carbocycles. The van der Waals surface area contributed by atoms with Gasteiger partial charge in [0, 0.05) is 25.1 Å². The molecule has 0 bridgehead atoms. The van der Waals surface area contributed by atoms with Gasteiger partial charge in [-0.05, 0) is 86.8 Å². The molecule has 0 saturated heterocycles. The number of phenolic OH excluding ortho intramolecular Hbond substituents is 1. The maximum Gasteiger partial charge on any atom is 0.161 e. The van der Waals surface area contributed by atoms with Gasteiger partial charge in [0.1, 0.15) is 19.0 Å². The van der Waals surface area contributed by atoms with Gasteiger partial charge < -0.3 is 14.6 Å². The van der Waals surface area contributed by atoms with Crippen LogP contribution in [0.2, 0.25) is 0 Å². The van der Waals surface area contributed by atoms with Gasteiger partial charge in [-0.25, -0.2) is 0 Å². The highest BCUT2D eigenvalue weighted by atomic mass is 16.5. The number of nitrogens with zero attached hydrogens (tertiary/aromatic N) is 2. The first-order valence-corrected chi connectivity index (χ1v) is 13.3. The van der Waals surface area contributed by atoms with E-state index in [1.54, 1.807) is 0 Å².